The molecule has 0 aliphatic heterocycles. The molecule has 0 aromatic heterocycles. The van der Waals surface area contributed by atoms with Crippen molar-refractivity contribution in [3.05, 3.63) is 96.2 Å². The van der Waals surface area contributed by atoms with Crippen molar-refractivity contribution in [3.8, 4) is 0 Å². The van der Waals surface area contributed by atoms with Gasteiger partial charge >= 0.3 is 0 Å². The lowest BCUT2D eigenvalue weighted by Gasteiger charge is -2.18. The Morgan fingerprint density at radius 3 is 2.69 bits per heavy atom. The summed E-state index contributed by atoms with van der Waals surface area (Å²) in [6.07, 6.45) is 26.1. The average Bonchev–Trinajstić information content (AvgIpc) is 2.80. The summed E-state index contributed by atoms with van der Waals surface area (Å²) in [4.78, 5) is 0. The van der Waals surface area contributed by atoms with E-state index in [1.165, 1.54) is 38.2 Å². The first-order valence-corrected chi connectivity index (χ1v) is 12.1. The molecule has 0 radical (unpaired) electrons. The molecule has 0 heterocycles. The molecule has 2 heteroatoms. The molecule has 2 atom stereocenters. The molecule has 1 unspecified atom stereocenters. The zero-order chi connectivity index (χ0) is 23.8. The molecule has 1 aliphatic carbocycles. The third-order valence-corrected chi connectivity index (χ3v) is 5.96. The Morgan fingerprint density at radius 1 is 1.28 bits per heavy atom. The third kappa shape index (κ3) is 11.4. The summed E-state index contributed by atoms with van der Waals surface area (Å²) >= 11 is 0. The Hall–Kier alpha value is -2.22. The predicted molar refractivity (Wildman–Crippen MR) is 138 cm³/mol. The van der Waals surface area contributed by atoms with E-state index in [9.17, 15) is 8.78 Å². The van der Waals surface area contributed by atoms with E-state index in [1.54, 1.807) is 0 Å². The first-order chi connectivity index (χ1) is 15.4. The first kappa shape index (κ1) is 27.8. The van der Waals surface area contributed by atoms with Crippen LogP contribution in [0, 0.1) is 11.8 Å². The van der Waals surface area contributed by atoms with Gasteiger partial charge in [-0.25, -0.2) is 8.78 Å². The van der Waals surface area contributed by atoms with Crippen LogP contribution < -0.4 is 0 Å². The van der Waals surface area contributed by atoms with Gasteiger partial charge in [-0.3, -0.25) is 0 Å². The van der Waals surface area contributed by atoms with Crippen LogP contribution in [-0.4, -0.2) is 0 Å². The van der Waals surface area contributed by atoms with Gasteiger partial charge in [0.05, 0.1) is 0 Å². The van der Waals surface area contributed by atoms with E-state index in [4.69, 9.17) is 0 Å². The van der Waals surface area contributed by atoms with Crippen LogP contribution >= 0.6 is 0 Å². The lowest BCUT2D eigenvalue weighted by molar-refractivity contribution is 0.440. The zero-order valence-corrected chi connectivity index (χ0v) is 20.4. The number of rotatable bonds is 14. The van der Waals surface area contributed by atoms with Crippen LogP contribution in [0.25, 0.3) is 0 Å². The Morgan fingerprint density at radius 2 is 2.06 bits per heavy atom. The maximum atomic E-state index is 14.6. The van der Waals surface area contributed by atoms with E-state index in [0.29, 0.717) is 25.2 Å². The fraction of sp³-hybridized carbons (Fsp3) is 0.467. The van der Waals surface area contributed by atoms with E-state index in [2.05, 4.69) is 44.4 Å². The highest BCUT2D eigenvalue weighted by atomic mass is 19.1. The van der Waals surface area contributed by atoms with E-state index in [-0.39, 0.29) is 5.57 Å². The quantitative estimate of drug-likeness (QED) is 0.186. The summed E-state index contributed by atoms with van der Waals surface area (Å²) in [6, 6.07) is 0. The molecule has 0 nitrogen and oxygen atoms in total. The highest BCUT2D eigenvalue weighted by Crippen LogP contribution is 2.26. The molecule has 0 saturated heterocycles. The molecule has 0 amide bonds. The molecule has 0 aromatic rings. The molecular formula is C30H42F2. The number of halogens is 2. The van der Waals surface area contributed by atoms with Gasteiger partial charge in [0, 0.05) is 5.57 Å². The van der Waals surface area contributed by atoms with E-state index in [0.717, 1.165) is 29.6 Å². The molecule has 176 valence electrons. The molecule has 0 fully saturated rings. The minimum Gasteiger partial charge on any atom is -0.207 e. The second kappa shape index (κ2) is 16.4. The molecule has 32 heavy (non-hydrogen) atoms. The smallest absolute Gasteiger partial charge is 0.128 e. The molecular weight excluding hydrogens is 398 g/mol. The van der Waals surface area contributed by atoms with Crippen molar-refractivity contribution in [2.45, 2.75) is 78.6 Å². The fourth-order valence-electron chi connectivity index (χ4n) is 3.92. The van der Waals surface area contributed by atoms with Crippen molar-refractivity contribution in [1.82, 2.24) is 0 Å². The highest BCUT2D eigenvalue weighted by molar-refractivity contribution is 5.35. The SMILES string of the molecule is C=C/C(F)=C(CC/C=C/C)\C(F)=C/C/C(C)=C/C(=C)/C=C\C(CC)CC[C@H]1C=CCCC1. The largest absolute Gasteiger partial charge is 0.207 e. The van der Waals surface area contributed by atoms with Crippen LogP contribution in [0.3, 0.4) is 0 Å². The lowest BCUT2D eigenvalue weighted by Crippen LogP contribution is -2.04. The molecule has 1 aliphatic rings. The number of hydrogen-bond donors (Lipinski definition) is 0. The van der Waals surface area contributed by atoms with Gasteiger partial charge in [0.15, 0.2) is 0 Å². The second-order valence-corrected chi connectivity index (χ2v) is 8.68. The van der Waals surface area contributed by atoms with Gasteiger partial charge in [0.25, 0.3) is 0 Å². The summed E-state index contributed by atoms with van der Waals surface area (Å²) < 4.78 is 28.6. The zero-order valence-electron chi connectivity index (χ0n) is 20.4. The topological polar surface area (TPSA) is 0 Å². The second-order valence-electron chi connectivity index (χ2n) is 8.68. The van der Waals surface area contributed by atoms with E-state index in [1.807, 2.05) is 32.1 Å². The predicted octanol–water partition coefficient (Wildman–Crippen LogP) is 10.2. The molecule has 0 spiro atoms. The summed E-state index contributed by atoms with van der Waals surface area (Å²) in [7, 11) is 0. The monoisotopic (exact) mass is 440 g/mol. The normalized spacial score (nSPS) is 19.5. The van der Waals surface area contributed by atoms with Crippen LogP contribution in [0.5, 0.6) is 0 Å². The number of allylic oxidation sites excluding steroid dienone is 14. The molecule has 0 saturated carbocycles. The van der Waals surface area contributed by atoms with E-state index >= 15 is 0 Å². The minimum absolute atomic E-state index is 0.0863. The van der Waals surface area contributed by atoms with Crippen molar-refractivity contribution in [2.75, 3.05) is 0 Å². The van der Waals surface area contributed by atoms with Gasteiger partial charge < -0.3 is 0 Å². The molecule has 0 bridgehead atoms. The van der Waals surface area contributed by atoms with Gasteiger partial charge in [-0.2, -0.15) is 0 Å². The molecule has 0 aromatic carbocycles. The van der Waals surface area contributed by atoms with Crippen LogP contribution in [0.4, 0.5) is 8.78 Å². The Bertz CT molecular complexity index is 771. The third-order valence-electron chi connectivity index (χ3n) is 5.96. The summed E-state index contributed by atoms with van der Waals surface area (Å²) in [5.74, 6) is 0.191. The van der Waals surface area contributed by atoms with Crippen molar-refractivity contribution < 1.29 is 8.78 Å². The molecule has 1 rings (SSSR count). The fourth-order valence-corrected chi connectivity index (χ4v) is 3.92. The summed E-state index contributed by atoms with van der Waals surface area (Å²) in [5.41, 5.74) is 1.98. The standard InChI is InChI=1S/C30H42F2/c1-6-9-11-16-28(29(31)8-3)30(32)22-18-25(5)23-24(4)17-19-26(7-2)20-21-27-14-12-10-13-15-27/h6,8-9,12,14,17,19,22-23,26-27H,3-4,7,10-11,13,15-16,18,20-21H2,1-2,5H3/b9-6+,19-17-,25-23+,29-28+,30-22+/t26?,27-/m0/s1. The van der Waals surface area contributed by atoms with Crippen LogP contribution in [0.15, 0.2) is 96.2 Å². The van der Waals surface area contributed by atoms with Crippen molar-refractivity contribution >= 4 is 0 Å². The van der Waals surface area contributed by atoms with Gasteiger partial charge in [-0.1, -0.05) is 68.2 Å². The Balaban J connectivity index is 2.64. The lowest BCUT2D eigenvalue weighted by atomic mass is 9.88. The van der Waals surface area contributed by atoms with Gasteiger partial charge in [-0.05, 0) is 101 Å². The number of hydrogen-bond acceptors (Lipinski definition) is 0. The van der Waals surface area contributed by atoms with Crippen molar-refractivity contribution in [2.24, 2.45) is 11.8 Å². The molecule has 0 N–H and O–H groups in total. The first-order valence-electron chi connectivity index (χ1n) is 12.1. The van der Waals surface area contributed by atoms with Gasteiger partial charge in [-0.15, -0.1) is 0 Å². The van der Waals surface area contributed by atoms with Crippen LogP contribution in [0.1, 0.15) is 78.6 Å². The van der Waals surface area contributed by atoms with Crippen LogP contribution in [-0.2, 0) is 0 Å². The maximum absolute atomic E-state index is 14.6. The summed E-state index contributed by atoms with van der Waals surface area (Å²) in [5, 5.41) is 0. The maximum Gasteiger partial charge on any atom is 0.128 e. The average molecular weight is 441 g/mol. The van der Waals surface area contributed by atoms with Gasteiger partial charge in [0.1, 0.15) is 11.7 Å². The van der Waals surface area contributed by atoms with Gasteiger partial charge in [0.2, 0.25) is 0 Å². The van der Waals surface area contributed by atoms with Crippen LogP contribution in [0.2, 0.25) is 0 Å². The Kier molecular flexibility index (Phi) is 14.3. The van der Waals surface area contributed by atoms with Crippen molar-refractivity contribution in [1.29, 1.82) is 0 Å². The van der Waals surface area contributed by atoms with Crippen molar-refractivity contribution in [3.63, 3.8) is 0 Å². The Labute approximate surface area is 195 Å². The minimum atomic E-state index is -0.591. The highest BCUT2D eigenvalue weighted by Gasteiger charge is 2.11. The summed E-state index contributed by atoms with van der Waals surface area (Å²) in [6.45, 7) is 13.6. The van der Waals surface area contributed by atoms with E-state index < -0.39 is 11.7 Å².